The fourth-order valence-electron chi connectivity index (χ4n) is 3.88. The topological polar surface area (TPSA) is 49.9 Å². The second-order valence-corrected chi connectivity index (χ2v) is 6.98. The molecule has 2 saturated heterocycles. The van der Waals surface area contributed by atoms with Gasteiger partial charge in [-0.25, -0.2) is 8.78 Å². The van der Waals surface area contributed by atoms with Crippen molar-refractivity contribution in [1.82, 2.24) is 9.80 Å². The predicted molar refractivity (Wildman–Crippen MR) is 96.2 cm³/mol. The number of carbonyl (C=O) groups is 2. The minimum Gasteiger partial charge on any atom is -0.371 e. The molecule has 2 heterocycles. The van der Waals surface area contributed by atoms with E-state index in [1.165, 1.54) is 6.07 Å². The van der Waals surface area contributed by atoms with Gasteiger partial charge in [0.25, 0.3) is 5.91 Å². The van der Waals surface area contributed by atoms with Crippen LogP contribution in [0.25, 0.3) is 0 Å². The Bertz CT molecular complexity index is 725. The Labute approximate surface area is 157 Å². The maximum absolute atomic E-state index is 13.5. The molecule has 2 aliphatic rings. The molecule has 0 radical (unpaired) electrons. The van der Waals surface area contributed by atoms with E-state index < -0.39 is 11.6 Å². The molecule has 3 rings (SSSR count). The largest absolute Gasteiger partial charge is 0.371 e. The first-order valence-corrected chi connectivity index (χ1v) is 9.25. The van der Waals surface area contributed by atoms with Gasteiger partial charge in [-0.3, -0.25) is 9.59 Å². The van der Waals surface area contributed by atoms with Crippen LogP contribution in [0.3, 0.4) is 0 Å². The van der Waals surface area contributed by atoms with E-state index in [2.05, 4.69) is 6.58 Å². The van der Waals surface area contributed by atoms with Crippen molar-refractivity contribution in [3.8, 4) is 0 Å². The van der Waals surface area contributed by atoms with E-state index >= 15 is 0 Å². The molecule has 146 valence electrons. The number of ether oxygens (including phenoxy) is 1. The van der Waals surface area contributed by atoms with Crippen molar-refractivity contribution < 1.29 is 23.1 Å². The first-order chi connectivity index (χ1) is 13.0. The molecule has 2 bridgehead atoms. The molecule has 27 heavy (non-hydrogen) atoms. The summed E-state index contributed by atoms with van der Waals surface area (Å²) >= 11 is 0. The molecule has 2 atom stereocenters. The van der Waals surface area contributed by atoms with Crippen LogP contribution in [-0.4, -0.2) is 60.0 Å². The molecular weight excluding hydrogens is 354 g/mol. The Morgan fingerprint density at radius 2 is 1.96 bits per heavy atom. The van der Waals surface area contributed by atoms with Crippen molar-refractivity contribution in [2.45, 2.75) is 37.8 Å². The molecular formula is C20H24F2N2O3. The predicted octanol–water partition coefficient (Wildman–Crippen LogP) is 2.76. The highest BCUT2D eigenvalue weighted by Crippen LogP contribution is 2.31. The molecule has 0 spiro atoms. The first kappa shape index (κ1) is 19.5. The first-order valence-electron chi connectivity index (χ1n) is 9.25. The maximum atomic E-state index is 13.5. The maximum Gasteiger partial charge on any atom is 0.254 e. The van der Waals surface area contributed by atoms with Crippen molar-refractivity contribution in [3.05, 3.63) is 48.1 Å². The van der Waals surface area contributed by atoms with Gasteiger partial charge >= 0.3 is 0 Å². The van der Waals surface area contributed by atoms with Gasteiger partial charge in [-0.2, -0.15) is 0 Å². The summed E-state index contributed by atoms with van der Waals surface area (Å²) < 4.78 is 32.0. The summed E-state index contributed by atoms with van der Waals surface area (Å²) in [5, 5.41) is 0. The quantitative estimate of drug-likeness (QED) is 0.565. The monoisotopic (exact) mass is 378 g/mol. The number of nitrogens with zero attached hydrogens (tertiary/aromatic N) is 2. The fourth-order valence-corrected chi connectivity index (χ4v) is 3.88. The SMILES string of the molecule is C=CCCOCC(=O)N1C2CCC1CN(C(=O)c1ccc(F)c(F)c1)CC2. The second kappa shape index (κ2) is 8.61. The van der Waals surface area contributed by atoms with Crippen LogP contribution in [-0.2, 0) is 9.53 Å². The number of rotatable bonds is 6. The van der Waals surface area contributed by atoms with Crippen molar-refractivity contribution in [3.63, 3.8) is 0 Å². The van der Waals surface area contributed by atoms with Crippen molar-refractivity contribution in [2.75, 3.05) is 26.3 Å². The highest BCUT2D eigenvalue weighted by molar-refractivity contribution is 5.94. The minimum absolute atomic E-state index is 0.0258. The number of fused-ring (bicyclic) bond motifs is 2. The lowest BCUT2D eigenvalue weighted by Crippen LogP contribution is -2.45. The molecule has 2 amide bonds. The highest BCUT2D eigenvalue weighted by atomic mass is 19.2. The zero-order valence-electron chi connectivity index (χ0n) is 15.2. The molecule has 0 N–H and O–H groups in total. The summed E-state index contributed by atoms with van der Waals surface area (Å²) in [6.07, 6.45) is 4.84. The number of carbonyl (C=O) groups excluding carboxylic acids is 2. The number of hydrogen-bond acceptors (Lipinski definition) is 3. The molecule has 7 heteroatoms. The van der Waals surface area contributed by atoms with E-state index in [9.17, 15) is 18.4 Å². The van der Waals surface area contributed by atoms with Gasteiger partial charge in [-0.1, -0.05) is 6.08 Å². The van der Waals surface area contributed by atoms with Gasteiger partial charge in [-0.15, -0.1) is 6.58 Å². The Hall–Kier alpha value is -2.28. The molecule has 1 aromatic rings. The molecule has 2 unspecified atom stereocenters. The van der Waals surface area contributed by atoms with E-state index in [1.54, 1.807) is 11.0 Å². The third-order valence-corrected chi connectivity index (χ3v) is 5.22. The summed E-state index contributed by atoms with van der Waals surface area (Å²) in [6, 6.07) is 3.20. The fraction of sp³-hybridized carbons (Fsp3) is 0.500. The molecule has 1 aromatic carbocycles. The number of halogens is 2. The third-order valence-electron chi connectivity index (χ3n) is 5.22. The van der Waals surface area contributed by atoms with E-state index in [0.717, 1.165) is 25.0 Å². The number of benzene rings is 1. The highest BCUT2D eigenvalue weighted by Gasteiger charge is 2.41. The molecule has 2 aliphatic heterocycles. The molecule has 0 saturated carbocycles. The Kier molecular flexibility index (Phi) is 6.21. The van der Waals surface area contributed by atoms with E-state index in [-0.39, 0.29) is 36.1 Å². The zero-order chi connectivity index (χ0) is 19.4. The molecule has 0 aliphatic carbocycles. The van der Waals surface area contributed by atoms with Crippen LogP contribution in [0.15, 0.2) is 30.9 Å². The minimum atomic E-state index is -1.04. The van der Waals surface area contributed by atoms with Gasteiger partial charge in [0.1, 0.15) is 6.61 Å². The van der Waals surface area contributed by atoms with Gasteiger partial charge in [0.05, 0.1) is 6.61 Å². The molecule has 2 fully saturated rings. The van der Waals surface area contributed by atoms with Gasteiger partial charge in [-0.05, 0) is 43.9 Å². The van der Waals surface area contributed by atoms with Crippen molar-refractivity contribution in [2.24, 2.45) is 0 Å². The summed E-state index contributed by atoms with van der Waals surface area (Å²) in [5.74, 6) is -2.41. The number of likely N-dealkylation sites (tertiary alicyclic amines) is 1. The average molecular weight is 378 g/mol. The van der Waals surface area contributed by atoms with Crippen LogP contribution in [0.1, 0.15) is 36.0 Å². The van der Waals surface area contributed by atoms with Crippen LogP contribution in [0.4, 0.5) is 8.78 Å². The average Bonchev–Trinajstić information content (AvgIpc) is 2.94. The van der Waals surface area contributed by atoms with Crippen LogP contribution in [0, 0.1) is 11.6 Å². The standard InChI is InChI=1S/C20H24F2N2O3/c1-2-3-10-27-13-19(25)24-15-5-6-16(24)12-23(9-8-15)20(26)14-4-7-17(21)18(22)11-14/h2,4,7,11,15-16H,1,3,5-6,8-10,12-13H2. The number of hydrogen-bond donors (Lipinski definition) is 0. The van der Waals surface area contributed by atoms with Gasteiger partial charge < -0.3 is 14.5 Å². The lowest BCUT2D eigenvalue weighted by atomic mass is 10.1. The normalized spacial score (nSPS) is 21.9. The molecule has 5 nitrogen and oxygen atoms in total. The summed E-state index contributed by atoms with van der Waals surface area (Å²) in [4.78, 5) is 28.8. The Balaban J connectivity index is 1.66. The number of amides is 2. The van der Waals surface area contributed by atoms with Crippen LogP contribution < -0.4 is 0 Å². The van der Waals surface area contributed by atoms with Crippen LogP contribution >= 0.6 is 0 Å². The Morgan fingerprint density at radius 1 is 1.19 bits per heavy atom. The van der Waals surface area contributed by atoms with Crippen molar-refractivity contribution >= 4 is 11.8 Å². The van der Waals surface area contributed by atoms with E-state index in [1.807, 2.05) is 4.90 Å². The Morgan fingerprint density at radius 3 is 2.70 bits per heavy atom. The van der Waals surface area contributed by atoms with Gasteiger partial charge in [0.15, 0.2) is 11.6 Å². The van der Waals surface area contributed by atoms with Crippen LogP contribution in [0.5, 0.6) is 0 Å². The molecule has 0 aromatic heterocycles. The summed E-state index contributed by atoms with van der Waals surface area (Å²) in [5.41, 5.74) is 0.123. The second-order valence-electron chi connectivity index (χ2n) is 6.98. The zero-order valence-corrected chi connectivity index (χ0v) is 15.2. The third kappa shape index (κ3) is 4.35. The van der Waals surface area contributed by atoms with Gasteiger partial charge in [0, 0.05) is 30.7 Å². The van der Waals surface area contributed by atoms with Gasteiger partial charge in [0.2, 0.25) is 5.91 Å². The lowest BCUT2D eigenvalue weighted by molar-refractivity contribution is -0.138. The van der Waals surface area contributed by atoms with E-state index in [4.69, 9.17) is 4.74 Å². The summed E-state index contributed by atoms with van der Waals surface area (Å²) in [6.45, 7) is 4.98. The summed E-state index contributed by atoms with van der Waals surface area (Å²) in [7, 11) is 0. The van der Waals surface area contributed by atoms with Crippen LogP contribution in [0.2, 0.25) is 0 Å². The lowest BCUT2D eigenvalue weighted by Gasteiger charge is -2.29. The van der Waals surface area contributed by atoms with Crippen molar-refractivity contribution in [1.29, 1.82) is 0 Å². The van der Waals surface area contributed by atoms with E-state index in [0.29, 0.717) is 32.5 Å². The smallest absolute Gasteiger partial charge is 0.254 e.